The third-order valence-electron chi connectivity index (χ3n) is 2.16. The van der Waals surface area contributed by atoms with Gasteiger partial charge in [-0.25, -0.2) is 0 Å². The Hall–Kier alpha value is -0.160. The monoisotopic (exact) mass is 204 g/mol. The van der Waals surface area contributed by atoms with Crippen LogP contribution in [0, 0.1) is 0 Å². The SMILES string of the molecule is CN(C)CCCCN(CCO)CCO. The van der Waals surface area contributed by atoms with E-state index >= 15 is 0 Å². The predicted molar refractivity (Wildman–Crippen MR) is 58.4 cm³/mol. The summed E-state index contributed by atoms with van der Waals surface area (Å²) in [6.07, 6.45) is 2.29. The second-order valence-corrected chi connectivity index (χ2v) is 3.80. The lowest BCUT2D eigenvalue weighted by Crippen LogP contribution is -2.31. The summed E-state index contributed by atoms with van der Waals surface area (Å²) in [4.78, 5) is 4.26. The number of nitrogens with zero attached hydrogens (tertiary/aromatic N) is 2. The lowest BCUT2D eigenvalue weighted by atomic mass is 10.3. The quantitative estimate of drug-likeness (QED) is 0.502. The molecule has 0 heterocycles. The third-order valence-corrected chi connectivity index (χ3v) is 2.16. The fourth-order valence-corrected chi connectivity index (χ4v) is 1.38. The Morgan fingerprint density at radius 3 is 1.71 bits per heavy atom. The van der Waals surface area contributed by atoms with Crippen LogP contribution in [-0.2, 0) is 0 Å². The highest BCUT2D eigenvalue weighted by Crippen LogP contribution is 1.95. The van der Waals surface area contributed by atoms with Crippen LogP contribution in [0.2, 0.25) is 0 Å². The number of aliphatic hydroxyl groups is 2. The van der Waals surface area contributed by atoms with Crippen LogP contribution in [0.3, 0.4) is 0 Å². The lowest BCUT2D eigenvalue weighted by Gasteiger charge is -2.20. The van der Waals surface area contributed by atoms with E-state index in [0.29, 0.717) is 13.1 Å². The van der Waals surface area contributed by atoms with Crippen LogP contribution in [0.1, 0.15) is 12.8 Å². The molecule has 4 nitrogen and oxygen atoms in total. The van der Waals surface area contributed by atoms with Gasteiger partial charge in [-0.15, -0.1) is 0 Å². The summed E-state index contributed by atoms with van der Waals surface area (Å²) in [5.41, 5.74) is 0. The highest BCUT2D eigenvalue weighted by atomic mass is 16.3. The van der Waals surface area contributed by atoms with Gasteiger partial charge in [0.2, 0.25) is 0 Å². The normalized spacial score (nSPS) is 11.6. The van der Waals surface area contributed by atoms with Crippen molar-refractivity contribution in [2.75, 3.05) is 53.5 Å². The van der Waals surface area contributed by atoms with Gasteiger partial charge in [0.05, 0.1) is 13.2 Å². The highest BCUT2D eigenvalue weighted by molar-refractivity contribution is 4.57. The van der Waals surface area contributed by atoms with Crippen LogP contribution in [0.15, 0.2) is 0 Å². The predicted octanol–water partition coefficient (Wildman–Crippen LogP) is -0.385. The number of rotatable bonds is 9. The van der Waals surface area contributed by atoms with Crippen molar-refractivity contribution in [2.45, 2.75) is 12.8 Å². The molecule has 0 aliphatic heterocycles. The van der Waals surface area contributed by atoms with Gasteiger partial charge in [0, 0.05) is 13.1 Å². The van der Waals surface area contributed by atoms with E-state index in [2.05, 4.69) is 23.9 Å². The summed E-state index contributed by atoms with van der Waals surface area (Å²) in [7, 11) is 4.14. The van der Waals surface area contributed by atoms with Gasteiger partial charge in [-0.05, 0) is 40.0 Å². The van der Waals surface area contributed by atoms with Gasteiger partial charge in [0.1, 0.15) is 0 Å². The van der Waals surface area contributed by atoms with E-state index in [1.165, 1.54) is 6.42 Å². The summed E-state index contributed by atoms with van der Waals surface area (Å²) in [5.74, 6) is 0. The number of hydrogen-bond donors (Lipinski definition) is 2. The molecule has 14 heavy (non-hydrogen) atoms. The molecule has 0 aromatic rings. The molecule has 0 rings (SSSR count). The molecule has 0 aromatic heterocycles. The molecule has 0 aliphatic rings. The fraction of sp³-hybridized carbons (Fsp3) is 1.00. The molecule has 4 heteroatoms. The van der Waals surface area contributed by atoms with E-state index in [0.717, 1.165) is 19.5 Å². The molecule has 0 atom stereocenters. The molecule has 0 amide bonds. The first kappa shape index (κ1) is 13.8. The van der Waals surface area contributed by atoms with Crippen LogP contribution >= 0.6 is 0 Å². The number of aliphatic hydroxyl groups excluding tert-OH is 2. The molecule has 0 saturated heterocycles. The average molecular weight is 204 g/mol. The minimum atomic E-state index is 0.174. The summed E-state index contributed by atoms with van der Waals surface area (Å²) in [6.45, 7) is 3.76. The van der Waals surface area contributed by atoms with Crippen molar-refractivity contribution in [3.05, 3.63) is 0 Å². The summed E-state index contributed by atoms with van der Waals surface area (Å²) in [6, 6.07) is 0. The maximum absolute atomic E-state index is 8.78. The lowest BCUT2D eigenvalue weighted by molar-refractivity contribution is 0.158. The molecule has 0 aliphatic carbocycles. The molecule has 2 N–H and O–H groups in total. The van der Waals surface area contributed by atoms with Gasteiger partial charge >= 0.3 is 0 Å². The number of unbranched alkanes of at least 4 members (excludes halogenated alkanes) is 1. The maximum atomic E-state index is 8.78. The van der Waals surface area contributed by atoms with Crippen LogP contribution in [0.4, 0.5) is 0 Å². The van der Waals surface area contributed by atoms with E-state index < -0.39 is 0 Å². The van der Waals surface area contributed by atoms with Crippen LogP contribution in [0.5, 0.6) is 0 Å². The van der Waals surface area contributed by atoms with Gasteiger partial charge in [-0.2, -0.15) is 0 Å². The first-order chi connectivity index (χ1) is 6.70. The maximum Gasteiger partial charge on any atom is 0.0558 e. The van der Waals surface area contributed by atoms with Gasteiger partial charge in [0.25, 0.3) is 0 Å². The summed E-state index contributed by atoms with van der Waals surface area (Å²) < 4.78 is 0. The molecule has 86 valence electrons. The van der Waals surface area contributed by atoms with Crippen molar-refractivity contribution < 1.29 is 10.2 Å². The Bertz CT molecular complexity index is 115. The van der Waals surface area contributed by atoms with Crippen molar-refractivity contribution in [2.24, 2.45) is 0 Å². The largest absolute Gasteiger partial charge is 0.395 e. The first-order valence-corrected chi connectivity index (χ1v) is 5.29. The Morgan fingerprint density at radius 1 is 0.786 bits per heavy atom. The second kappa shape index (κ2) is 9.40. The van der Waals surface area contributed by atoms with Crippen LogP contribution in [-0.4, -0.2) is 73.5 Å². The standard InChI is InChI=1S/C10H24N2O2/c1-11(2)5-3-4-6-12(7-9-13)8-10-14/h13-14H,3-10H2,1-2H3. The molecule has 0 saturated carbocycles. The van der Waals surface area contributed by atoms with Crippen LogP contribution < -0.4 is 0 Å². The summed E-state index contributed by atoms with van der Waals surface area (Å²) >= 11 is 0. The van der Waals surface area contributed by atoms with Crippen molar-refractivity contribution in [1.29, 1.82) is 0 Å². The first-order valence-electron chi connectivity index (χ1n) is 5.29. The fourth-order valence-electron chi connectivity index (χ4n) is 1.38. The van der Waals surface area contributed by atoms with E-state index in [9.17, 15) is 0 Å². The zero-order valence-corrected chi connectivity index (χ0v) is 9.45. The highest BCUT2D eigenvalue weighted by Gasteiger charge is 2.02. The topological polar surface area (TPSA) is 46.9 Å². The third kappa shape index (κ3) is 8.44. The minimum absolute atomic E-state index is 0.174. The van der Waals surface area contributed by atoms with E-state index in [1.807, 2.05) is 0 Å². The number of hydrogen-bond acceptors (Lipinski definition) is 4. The minimum Gasteiger partial charge on any atom is -0.395 e. The zero-order valence-electron chi connectivity index (χ0n) is 9.45. The molecular formula is C10H24N2O2. The van der Waals surface area contributed by atoms with E-state index in [-0.39, 0.29) is 13.2 Å². The van der Waals surface area contributed by atoms with Gasteiger partial charge < -0.3 is 15.1 Å². The summed E-state index contributed by atoms with van der Waals surface area (Å²) in [5, 5.41) is 17.6. The van der Waals surface area contributed by atoms with Crippen molar-refractivity contribution >= 4 is 0 Å². The molecule has 0 radical (unpaired) electrons. The molecule has 0 unspecified atom stereocenters. The van der Waals surface area contributed by atoms with E-state index in [1.54, 1.807) is 0 Å². The second-order valence-electron chi connectivity index (χ2n) is 3.80. The van der Waals surface area contributed by atoms with Crippen molar-refractivity contribution in [3.63, 3.8) is 0 Å². The Balaban J connectivity index is 3.40. The molecule has 0 fully saturated rings. The smallest absolute Gasteiger partial charge is 0.0558 e. The molecule has 0 bridgehead atoms. The van der Waals surface area contributed by atoms with E-state index in [4.69, 9.17) is 10.2 Å². The Morgan fingerprint density at radius 2 is 1.29 bits per heavy atom. The molecule has 0 aromatic carbocycles. The van der Waals surface area contributed by atoms with Crippen LogP contribution in [0.25, 0.3) is 0 Å². The molecule has 0 spiro atoms. The molecular weight excluding hydrogens is 180 g/mol. The van der Waals surface area contributed by atoms with Gasteiger partial charge in [0.15, 0.2) is 0 Å². The van der Waals surface area contributed by atoms with Gasteiger partial charge in [-0.1, -0.05) is 0 Å². The van der Waals surface area contributed by atoms with Crippen molar-refractivity contribution in [3.8, 4) is 0 Å². The Kier molecular flexibility index (Phi) is 9.29. The Labute approximate surface area is 87.1 Å². The average Bonchev–Trinajstić information content (AvgIpc) is 2.12. The zero-order chi connectivity index (χ0) is 10.8. The van der Waals surface area contributed by atoms with Crippen molar-refractivity contribution in [1.82, 2.24) is 9.80 Å². The van der Waals surface area contributed by atoms with Gasteiger partial charge in [-0.3, -0.25) is 4.90 Å².